The molecule has 276 valence electrons. The first-order valence-corrected chi connectivity index (χ1v) is 21.2. The molecule has 2 aliphatic carbocycles. The molecule has 0 amide bonds. The topological polar surface area (TPSA) is 3.24 Å². The molecule has 1 aromatic heterocycles. The van der Waals surface area contributed by atoms with E-state index in [4.69, 9.17) is 0 Å². The molecule has 2 heteroatoms. The molecule has 0 radical (unpaired) electrons. The van der Waals surface area contributed by atoms with E-state index in [1.807, 2.05) is 11.3 Å². The minimum absolute atomic E-state index is 0.392. The van der Waals surface area contributed by atoms with Gasteiger partial charge in [-0.05, 0) is 103 Å². The predicted molar refractivity (Wildman–Crippen MR) is 249 cm³/mol. The normalized spacial score (nSPS) is 12.9. The maximum Gasteiger partial charge on any atom is 0.0740 e. The van der Waals surface area contributed by atoms with Crippen LogP contribution in [0.4, 0.5) is 17.1 Å². The second-order valence-corrected chi connectivity index (χ2v) is 16.6. The summed E-state index contributed by atoms with van der Waals surface area (Å²) in [6.07, 6.45) is 0. The Morgan fingerprint density at radius 3 is 1.49 bits per heavy atom. The van der Waals surface area contributed by atoms with Crippen LogP contribution in [0.2, 0.25) is 0 Å². The number of thiophene rings is 1. The lowest BCUT2D eigenvalue weighted by molar-refractivity contribution is 0.803. The van der Waals surface area contributed by atoms with Crippen molar-refractivity contribution in [3.05, 3.63) is 247 Å². The van der Waals surface area contributed by atoms with E-state index < -0.39 is 5.41 Å². The number of rotatable bonds is 6. The molecule has 0 atom stereocenters. The van der Waals surface area contributed by atoms with Crippen LogP contribution in [0.15, 0.2) is 224 Å². The summed E-state index contributed by atoms with van der Waals surface area (Å²) in [5, 5.41) is 1.35. The van der Waals surface area contributed by atoms with Crippen LogP contribution in [0.3, 0.4) is 0 Å². The summed E-state index contributed by atoms with van der Waals surface area (Å²) in [7, 11) is 0. The monoisotopic (exact) mass is 767 g/mol. The Labute approximate surface area is 348 Å². The average Bonchev–Trinajstić information content (AvgIpc) is 3.94. The van der Waals surface area contributed by atoms with E-state index in [0.717, 1.165) is 17.1 Å². The molecule has 59 heavy (non-hydrogen) atoms. The number of fused-ring (bicyclic) bond motifs is 12. The summed E-state index contributed by atoms with van der Waals surface area (Å²) < 4.78 is 1.33. The van der Waals surface area contributed by atoms with Gasteiger partial charge in [0.25, 0.3) is 0 Å². The third-order valence-corrected chi connectivity index (χ3v) is 13.7. The fourth-order valence-electron chi connectivity index (χ4n) is 10.1. The van der Waals surface area contributed by atoms with Gasteiger partial charge in [-0.15, -0.1) is 11.3 Å². The fraction of sp³-hybridized carbons (Fsp3) is 0.0175. The van der Waals surface area contributed by atoms with Gasteiger partial charge in [0.2, 0.25) is 0 Å². The van der Waals surface area contributed by atoms with Crippen molar-refractivity contribution in [1.29, 1.82) is 0 Å². The minimum atomic E-state index is -0.392. The van der Waals surface area contributed by atoms with Gasteiger partial charge in [-0.25, -0.2) is 0 Å². The lowest BCUT2D eigenvalue weighted by atomic mass is 9.70. The molecule has 0 saturated carbocycles. The predicted octanol–water partition coefficient (Wildman–Crippen LogP) is 15.7. The van der Waals surface area contributed by atoms with Crippen molar-refractivity contribution in [2.24, 2.45) is 0 Å². The highest BCUT2D eigenvalue weighted by Crippen LogP contribution is 2.67. The van der Waals surface area contributed by atoms with Gasteiger partial charge < -0.3 is 4.90 Å². The smallest absolute Gasteiger partial charge is 0.0740 e. The Morgan fingerprint density at radius 1 is 0.339 bits per heavy atom. The summed E-state index contributed by atoms with van der Waals surface area (Å²) in [5.74, 6) is 0. The van der Waals surface area contributed by atoms with Crippen molar-refractivity contribution in [2.45, 2.75) is 5.41 Å². The number of hydrogen-bond acceptors (Lipinski definition) is 2. The standard InChI is InChI=1S/C57H37NS/c1-3-16-38(17-4-1)39-30-34-42(35-31-39)58(52-28-13-9-20-44(52)40-18-5-2-6-19-40)43-36-32-41(33-37-43)45-24-15-27-51-54(45)56-55(48-23-10-14-29-53(48)59-56)57(51)49-25-11-7-21-46(49)47-22-8-12-26-50(47)57/h1-37H. The molecular formula is C57H37NS. The van der Waals surface area contributed by atoms with E-state index in [1.54, 1.807) is 0 Å². The molecule has 0 fully saturated rings. The number of anilines is 3. The van der Waals surface area contributed by atoms with Crippen LogP contribution in [-0.4, -0.2) is 0 Å². The highest BCUT2D eigenvalue weighted by atomic mass is 32.1. The van der Waals surface area contributed by atoms with Gasteiger partial charge in [0.15, 0.2) is 0 Å². The molecule has 0 N–H and O–H groups in total. The molecule has 10 aromatic rings. The summed E-state index contributed by atoms with van der Waals surface area (Å²) in [5.41, 5.74) is 19.8. The summed E-state index contributed by atoms with van der Waals surface area (Å²) >= 11 is 1.94. The van der Waals surface area contributed by atoms with Crippen molar-refractivity contribution >= 4 is 38.5 Å². The Bertz CT molecular complexity index is 3150. The maximum atomic E-state index is 2.40. The molecule has 0 saturated heterocycles. The SMILES string of the molecule is c1ccc(-c2ccc(N(c3ccc(-c4cccc5c4-c4sc6ccccc6c4C54c5ccccc5-c5ccccc54)cc3)c3ccccc3-c3ccccc3)cc2)cc1. The first kappa shape index (κ1) is 33.8. The molecule has 9 aromatic carbocycles. The molecule has 1 nitrogen and oxygen atoms in total. The third-order valence-electron chi connectivity index (χ3n) is 12.5. The van der Waals surface area contributed by atoms with Crippen molar-refractivity contribution in [3.63, 3.8) is 0 Å². The zero-order valence-electron chi connectivity index (χ0n) is 32.2. The van der Waals surface area contributed by atoms with Crippen LogP contribution in [0.25, 0.3) is 65.0 Å². The molecule has 0 unspecified atom stereocenters. The number of hydrogen-bond donors (Lipinski definition) is 0. The first-order valence-electron chi connectivity index (χ1n) is 20.3. The van der Waals surface area contributed by atoms with E-state index in [9.17, 15) is 0 Å². The Kier molecular flexibility index (Phi) is 7.69. The Balaban J connectivity index is 1.04. The molecule has 0 aliphatic heterocycles. The van der Waals surface area contributed by atoms with E-state index in [2.05, 4.69) is 229 Å². The van der Waals surface area contributed by atoms with E-state index in [1.165, 1.54) is 87.3 Å². The lowest BCUT2D eigenvalue weighted by Crippen LogP contribution is -2.25. The van der Waals surface area contributed by atoms with Crippen molar-refractivity contribution in [3.8, 4) is 54.9 Å². The van der Waals surface area contributed by atoms with Crippen LogP contribution in [0, 0.1) is 0 Å². The zero-order valence-corrected chi connectivity index (χ0v) is 33.0. The molecule has 0 bridgehead atoms. The van der Waals surface area contributed by atoms with Crippen LogP contribution in [0.1, 0.15) is 22.3 Å². The molecule has 12 rings (SSSR count). The molecule has 1 spiro atoms. The molecule has 1 heterocycles. The Hall–Kier alpha value is -7.26. The fourth-order valence-corrected chi connectivity index (χ4v) is 11.4. The van der Waals surface area contributed by atoms with Gasteiger partial charge in [-0.2, -0.15) is 0 Å². The van der Waals surface area contributed by atoms with E-state index in [0.29, 0.717) is 0 Å². The van der Waals surface area contributed by atoms with Crippen molar-refractivity contribution in [1.82, 2.24) is 0 Å². The average molecular weight is 768 g/mol. The summed E-state index contributed by atoms with van der Waals surface area (Å²) in [4.78, 5) is 3.78. The zero-order chi connectivity index (χ0) is 38.9. The van der Waals surface area contributed by atoms with Gasteiger partial charge in [0, 0.05) is 32.1 Å². The van der Waals surface area contributed by atoms with Crippen LogP contribution in [-0.2, 0) is 5.41 Å². The van der Waals surface area contributed by atoms with Crippen molar-refractivity contribution < 1.29 is 0 Å². The van der Waals surface area contributed by atoms with Crippen LogP contribution in [0.5, 0.6) is 0 Å². The number of benzene rings is 9. The van der Waals surface area contributed by atoms with Gasteiger partial charge in [0.1, 0.15) is 0 Å². The Morgan fingerprint density at radius 2 is 0.814 bits per heavy atom. The highest BCUT2D eigenvalue weighted by Gasteiger charge is 2.53. The molecular weight excluding hydrogens is 731 g/mol. The first-order chi connectivity index (χ1) is 29.3. The summed E-state index contributed by atoms with van der Waals surface area (Å²) in [6.45, 7) is 0. The second kappa shape index (κ2) is 13.4. The van der Waals surface area contributed by atoms with Crippen LogP contribution >= 0.6 is 11.3 Å². The quantitative estimate of drug-likeness (QED) is 0.163. The van der Waals surface area contributed by atoms with E-state index >= 15 is 0 Å². The summed E-state index contributed by atoms with van der Waals surface area (Å²) in [6, 6.07) is 82.5. The second-order valence-electron chi connectivity index (χ2n) is 15.6. The van der Waals surface area contributed by atoms with Crippen molar-refractivity contribution in [2.75, 3.05) is 4.90 Å². The van der Waals surface area contributed by atoms with Gasteiger partial charge in [-0.1, -0.05) is 188 Å². The van der Waals surface area contributed by atoms with Gasteiger partial charge in [0.05, 0.1) is 11.1 Å². The maximum absolute atomic E-state index is 2.40. The number of para-hydroxylation sites is 1. The lowest BCUT2D eigenvalue weighted by Gasteiger charge is -2.30. The third kappa shape index (κ3) is 5.03. The largest absolute Gasteiger partial charge is 0.310 e. The highest BCUT2D eigenvalue weighted by molar-refractivity contribution is 7.22. The number of nitrogens with zero attached hydrogens (tertiary/aromatic N) is 1. The minimum Gasteiger partial charge on any atom is -0.310 e. The molecule has 2 aliphatic rings. The van der Waals surface area contributed by atoms with E-state index in [-0.39, 0.29) is 0 Å². The van der Waals surface area contributed by atoms with Gasteiger partial charge >= 0.3 is 0 Å². The van der Waals surface area contributed by atoms with Gasteiger partial charge in [-0.3, -0.25) is 0 Å². The van der Waals surface area contributed by atoms with Crippen LogP contribution < -0.4 is 4.90 Å².